The molecular formula is C28H33FN2O3. The number of carboxylic acids is 1. The molecule has 1 N–H and O–H groups in total. The van der Waals surface area contributed by atoms with Crippen LogP contribution in [0.1, 0.15) is 44.7 Å². The fourth-order valence-corrected chi connectivity index (χ4v) is 4.99. The Morgan fingerprint density at radius 1 is 1.03 bits per heavy atom. The quantitative estimate of drug-likeness (QED) is 0.387. The summed E-state index contributed by atoms with van der Waals surface area (Å²) >= 11 is 0. The summed E-state index contributed by atoms with van der Waals surface area (Å²) in [5.74, 6) is -0.210. The Bertz CT molecular complexity index is 1070. The van der Waals surface area contributed by atoms with Gasteiger partial charge in [-0.1, -0.05) is 43.7 Å². The zero-order chi connectivity index (χ0) is 23.9. The number of rotatable bonds is 10. The summed E-state index contributed by atoms with van der Waals surface area (Å²) < 4.78 is 21.1. The first kappa shape index (κ1) is 24.1. The van der Waals surface area contributed by atoms with Crippen LogP contribution in [0.4, 0.5) is 4.39 Å². The highest BCUT2D eigenvalue weighted by molar-refractivity contribution is 5.82. The molecule has 0 bridgehead atoms. The maximum absolute atomic E-state index is 13.6. The number of hydrogen-bond donors (Lipinski definition) is 1. The lowest BCUT2D eigenvalue weighted by molar-refractivity contribution is -0.142. The van der Waals surface area contributed by atoms with Gasteiger partial charge in [0.05, 0.1) is 6.61 Å². The van der Waals surface area contributed by atoms with Gasteiger partial charge in [-0.3, -0.25) is 4.68 Å². The average Bonchev–Trinajstić information content (AvgIpc) is 3.19. The van der Waals surface area contributed by atoms with E-state index >= 15 is 0 Å². The number of aliphatic carboxylic acids is 1. The van der Waals surface area contributed by atoms with Crippen LogP contribution in [0, 0.1) is 17.7 Å². The molecule has 0 spiro atoms. The largest absolute Gasteiger partial charge is 0.480 e. The van der Waals surface area contributed by atoms with Crippen LogP contribution in [0.15, 0.2) is 54.6 Å². The number of hydrogen-bond acceptors (Lipinski definition) is 3. The molecule has 4 rings (SSSR count). The predicted octanol–water partition coefficient (Wildman–Crippen LogP) is 6.22. The molecule has 6 heteroatoms. The smallest absolute Gasteiger partial charge is 0.329 e. The Morgan fingerprint density at radius 2 is 1.71 bits per heavy atom. The zero-order valence-corrected chi connectivity index (χ0v) is 19.8. The van der Waals surface area contributed by atoms with Gasteiger partial charge >= 0.3 is 5.97 Å². The summed E-state index contributed by atoms with van der Waals surface area (Å²) in [6.07, 6.45) is 6.20. The van der Waals surface area contributed by atoms with Gasteiger partial charge in [0.15, 0.2) is 0 Å². The zero-order valence-electron chi connectivity index (χ0n) is 19.8. The van der Waals surface area contributed by atoms with Crippen LogP contribution < -0.4 is 0 Å². The fourth-order valence-electron chi connectivity index (χ4n) is 4.99. The van der Waals surface area contributed by atoms with E-state index in [2.05, 4.69) is 23.7 Å². The number of ether oxygens (including phenoxy) is 1. The first-order valence-electron chi connectivity index (χ1n) is 12.3. The van der Waals surface area contributed by atoms with Gasteiger partial charge in [0.25, 0.3) is 0 Å². The third-order valence-electron chi connectivity index (χ3n) is 6.70. The van der Waals surface area contributed by atoms with E-state index in [9.17, 15) is 9.18 Å². The number of aromatic nitrogens is 2. The molecule has 1 heterocycles. The van der Waals surface area contributed by atoms with Crippen molar-refractivity contribution in [3.05, 3.63) is 66.1 Å². The maximum atomic E-state index is 13.6. The molecule has 34 heavy (non-hydrogen) atoms. The van der Waals surface area contributed by atoms with Crippen LogP contribution in [-0.4, -0.2) is 34.1 Å². The van der Waals surface area contributed by atoms with E-state index < -0.39 is 5.97 Å². The molecule has 0 unspecified atom stereocenters. The Morgan fingerprint density at radius 3 is 2.35 bits per heavy atom. The molecule has 0 saturated heterocycles. The van der Waals surface area contributed by atoms with Gasteiger partial charge < -0.3 is 9.84 Å². The summed E-state index contributed by atoms with van der Waals surface area (Å²) in [5, 5.41) is 13.9. The number of carboxylic acid groups (broad SMARTS) is 1. The van der Waals surface area contributed by atoms with E-state index in [4.69, 9.17) is 14.9 Å². The second-order valence-corrected chi connectivity index (χ2v) is 9.27. The predicted molar refractivity (Wildman–Crippen MR) is 131 cm³/mol. The van der Waals surface area contributed by atoms with Crippen molar-refractivity contribution in [2.75, 3.05) is 13.2 Å². The van der Waals surface area contributed by atoms with Crippen LogP contribution in [0.25, 0.3) is 22.4 Å². The maximum Gasteiger partial charge on any atom is 0.329 e. The normalized spacial score (nSPS) is 18.2. The standard InChI is InChI=1S/C28H33FN2O3/c1-2-6-25-27(22-7-4-3-5-8-22)28(23-13-15-24(29)16-14-23)30-31(25)17-20-9-11-21(12-10-20)18-34-19-26(32)33/h3-5,7-8,13-16,20-21H,2,6,9-12,17-19H2,1H3,(H,32,33)/t20-,21-. The van der Waals surface area contributed by atoms with E-state index in [1.54, 1.807) is 0 Å². The molecule has 1 aliphatic rings. The van der Waals surface area contributed by atoms with Crippen LogP contribution >= 0.6 is 0 Å². The van der Waals surface area contributed by atoms with Gasteiger partial charge in [0.1, 0.15) is 18.1 Å². The molecule has 5 nitrogen and oxygen atoms in total. The van der Waals surface area contributed by atoms with E-state index in [1.807, 2.05) is 30.3 Å². The third kappa shape index (κ3) is 5.92. The van der Waals surface area contributed by atoms with Crippen molar-refractivity contribution in [3.63, 3.8) is 0 Å². The summed E-state index contributed by atoms with van der Waals surface area (Å²) in [6, 6.07) is 17.0. The number of halogens is 1. The molecule has 0 amide bonds. The molecular weight excluding hydrogens is 431 g/mol. The van der Waals surface area contributed by atoms with Crippen LogP contribution in [0.2, 0.25) is 0 Å². The molecule has 0 aliphatic heterocycles. The molecule has 0 atom stereocenters. The first-order chi connectivity index (χ1) is 16.5. The highest BCUT2D eigenvalue weighted by Gasteiger charge is 2.25. The Hall–Kier alpha value is -2.99. The van der Waals surface area contributed by atoms with Gasteiger partial charge in [0.2, 0.25) is 0 Å². The summed E-state index contributed by atoms with van der Waals surface area (Å²) in [4.78, 5) is 10.7. The highest BCUT2D eigenvalue weighted by Crippen LogP contribution is 2.37. The van der Waals surface area contributed by atoms with Gasteiger partial charge in [-0.15, -0.1) is 0 Å². The van der Waals surface area contributed by atoms with E-state index in [1.165, 1.54) is 17.8 Å². The lowest BCUT2D eigenvalue weighted by atomic mass is 9.82. The summed E-state index contributed by atoms with van der Waals surface area (Å²) in [7, 11) is 0. The van der Waals surface area contributed by atoms with Crippen molar-refractivity contribution in [2.45, 2.75) is 52.0 Å². The van der Waals surface area contributed by atoms with Gasteiger partial charge in [0, 0.05) is 23.4 Å². The van der Waals surface area contributed by atoms with Crippen molar-refractivity contribution in [1.82, 2.24) is 9.78 Å². The third-order valence-corrected chi connectivity index (χ3v) is 6.70. The second kappa shape index (κ2) is 11.4. The SMILES string of the molecule is CCCc1c(-c2ccccc2)c(-c2ccc(F)cc2)nn1C[C@H]1CC[C@H](COCC(=O)O)CC1. The van der Waals surface area contributed by atoms with Crippen molar-refractivity contribution in [1.29, 1.82) is 0 Å². The minimum Gasteiger partial charge on any atom is -0.480 e. The molecule has 3 aromatic rings. The van der Waals surface area contributed by atoms with Crippen LogP contribution in [0.3, 0.4) is 0 Å². The lowest BCUT2D eigenvalue weighted by Gasteiger charge is -2.28. The molecule has 1 saturated carbocycles. The number of carbonyl (C=O) groups is 1. The Balaban J connectivity index is 1.58. The summed E-state index contributed by atoms with van der Waals surface area (Å²) in [6.45, 7) is 3.35. The minimum absolute atomic E-state index is 0.220. The minimum atomic E-state index is -0.915. The van der Waals surface area contributed by atoms with Crippen molar-refractivity contribution in [2.24, 2.45) is 11.8 Å². The van der Waals surface area contributed by atoms with Crippen molar-refractivity contribution in [3.8, 4) is 22.4 Å². The number of benzene rings is 2. The topological polar surface area (TPSA) is 64.4 Å². The average molecular weight is 465 g/mol. The molecule has 1 aliphatic carbocycles. The molecule has 2 aromatic carbocycles. The molecule has 180 valence electrons. The van der Waals surface area contributed by atoms with Gasteiger partial charge in [-0.2, -0.15) is 5.10 Å². The Kier molecular flexibility index (Phi) is 8.12. The summed E-state index contributed by atoms with van der Waals surface area (Å²) in [5.41, 5.74) is 5.35. The number of nitrogens with zero attached hydrogens (tertiary/aromatic N) is 2. The second-order valence-electron chi connectivity index (χ2n) is 9.27. The monoisotopic (exact) mass is 464 g/mol. The van der Waals surface area contributed by atoms with Gasteiger partial charge in [-0.25, -0.2) is 9.18 Å². The van der Waals surface area contributed by atoms with E-state index in [0.29, 0.717) is 18.4 Å². The molecule has 0 radical (unpaired) electrons. The van der Waals surface area contributed by atoms with Gasteiger partial charge in [-0.05, 0) is 73.8 Å². The van der Waals surface area contributed by atoms with E-state index in [0.717, 1.165) is 67.5 Å². The molecule has 1 aromatic heterocycles. The highest BCUT2D eigenvalue weighted by atomic mass is 19.1. The fraction of sp³-hybridized carbons (Fsp3) is 0.429. The van der Waals surface area contributed by atoms with Crippen molar-refractivity contribution >= 4 is 5.97 Å². The molecule has 1 fully saturated rings. The lowest BCUT2D eigenvalue weighted by Crippen LogP contribution is -2.23. The first-order valence-corrected chi connectivity index (χ1v) is 12.3. The van der Waals surface area contributed by atoms with Crippen molar-refractivity contribution < 1.29 is 19.0 Å². The van der Waals surface area contributed by atoms with Crippen LogP contribution in [-0.2, 0) is 22.5 Å². The van der Waals surface area contributed by atoms with E-state index in [-0.39, 0.29) is 12.4 Å². The van der Waals surface area contributed by atoms with Crippen LogP contribution in [0.5, 0.6) is 0 Å². The Labute approximate surface area is 200 Å².